The van der Waals surface area contributed by atoms with E-state index in [9.17, 15) is 54.2 Å². The third kappa shape index (κ3) is 6.31. The van der Waals surface area contributed by atoms with Crippen molar-refractivity contribution in [1.29, 1.82) is 0 Å². The predicted octanol–water partition coefficient (Wildman–Crippen LogP) is 6.03. The Kier molecular flexibility index (Phi) is 8.54. The van der Waals surface area contributed by atoms with Crippen molar-refractivity contribution in [1.82, 2.24) is 9.80 Å². The number of alkyl halides is 9. The highest BCUT2D eigenvalue weighted by atomic mass is 35.5. The summed E-state index contributed by atoms with van der Waals surface area (Å²) in [7, 11) is 0. The zero-order valence-corrected chi connectivity index (χ0v) is 22.6. The number of imide groups is 1. The molecule has 0 aliphatic carbocycles. The van der Waals surface area contributed by atoms with Crippen LogP contribution in [0.2, 0.25) is 5.02 Å². The van der Waals surface area contributed by atoms with E-state index >= 15 is 0 Å². The van der Waals surface area contributed by atoms with Gasteiger partial charge in [0.25, 0.3) is 5.60 Å². The third-order valence-electron chi connectivity index (χ3n) is 6.92. The molecular weight excluding hydrogens is 625 g/mol. The van der Waals surface area contributed by atoms with Gasteiger partial charge in [0, 0.05) is 34.7 Å². The molecule has 4 rings (SSSR count). The minimum Gasteiger partial charge on any atom is -0.374 e. The van der Waals surface area contributed by atoms with Gasteiger partial charge in [-0.1, -0.05) is 35.8 Å². The molecule has 0 bridgehead atoms. The fourth-order valence-corrected chi connectivity index (χ4v) is 5.04. The quantitative estimate of drug-likeness (QED) is 0.307. The highest BCUT2D eigenvalue weighted by Crippen LogP contribution is 2.50. The van der Waals surface area contributed by atoms with Gasteiger partial charge in [-0.2, -0.15) is 39.5 Å². The maximum absolute atomic E-state index is 14.3. The Morgan fingerprint density at radius 1 is 0.977 bits per heavy atom. The van der Waals surface area contributed by atoms with E-state index in [0.717, 1.165) is 21.9 Å². The second kappa shape index (κ2) is 11.3. The van der Waals surface area contributed by atoms with E-state index < -0.39 is 100 Å². The molecule has 17 heteroatoms. The SMILES string of the molecule is CCCN1C(=O)CN(C(O)c2ccc(C3=NOC(c4cc(Cl)cc(C(F)(F)F)c4)(C(F)(F)F)C3)cc2C(F)(F)F)CC1=O. The summed E-state index contributed by atoms with van der Waals surface area (Å²) in [4.78, 5) is 31.1. The van der Waals surface area contributed by atoms with Crippen molar-refractivity contribution in [3.8, 4) is 0 Å². The molecule has 2 aromatic carbocycles. The third-order valence-corrected chi connectivity index (χ3v) is 7.14. The van der Waals surface area contributed by atoms with Crippen molar-refractivity contribution in [3.63, 3.8) is 0 Å². The molecule has 0 spiro atoms. The number of oxime groups is 1. The topological polar surface area (TPSA) is 82.4 Å². The number of amides is 2. The van der Waals surface area contributed by atoms with Crippen LogP contribution in [0.1, 0.15) is 53.8 Å². The van der Waals surface area contributed by atoms with Gasteiger partial charge in [-0.25, -0.2) is 0 Å². The number of hydrogen-bond donors (Lipinski definition) is 1. The van der Waals surface area contributed by atoms with Crippen LogP contribution in [0.3, 0.4) is 0 Å². The fraction of sp³-hybridized carbons (Fsp3) is 0.423. The maximum Gasteiger partial charge on any atom is 0.435 e. The van der Waals surface area contributed by atoms with Crippen molar-refractivity contribution < 1.29 is 59.0 Å². The van der Waals surface area contributed by atoms with Crippen molar-refractivity contribution in [2.24, 2.45) is 5.16 Å². The van der Waals surface area contributed by atoms with Crippen LogP contribution in [0.15, 0.2) is 41.6 Å². The molecule has 2 aromatic rings. The molecule has 2 atom stereocenters. The molecule has 2 aliphatic rings. The lowest BCUT2D eigenvalue weighted by molar-refractivity contribution is -0.276. The van der Waals surface area contributed by atoms with Crippen LogP contribution < -0.4 is 0 Å². The van der Waals surface area contributed by atoms with Crippen molar-refractivity contribution in [3.05, 3.63) is 69.2 Å². The van der Waals surface area contributed by atoms with Gasteiger partial charge >= 0.3 is 18.5 Å². The zero-order valence-electron chi connectivity index (χ0n) is 21.9. The number of carbonyl (C=O) groups is 2. The Morgan fingerprint density at radius 2 is 1.60 bits per heavy atom. The zero-order chi connectivity index (χ0) is 32.1. The minimum atomic E-state index is -5.40. The van der Waals surface area contributed by atoms with Gasteiger partial charge in [-0.15, -0.1) is 0 Å². The molecule has 43 heavy (non-hydrogen) atoms. The molecule has 0 saturated carbocycles. The predicted molar refractivity (Wildman–Crippen MR) is 131 cm³/mol. The molecule has 1 fully saturated rings. The summed E-state index contributed by atoms with van der Waals surface area (Å²) in [5.41, 5.74) is -9.62. The van der Waals surface area contributed by atoms with Crippen LogP contribution in [0.5, 0.6) is 0 Å². The molecule has 2 heterocycles. The van der Waals surface area contributed by atoms with Crippen molar-refractivity contribution in [2.75, 3.05) is 19.6 Å². The van der Waals surface area contributed by atoms with Crippen molar-refractivity contribution in [2.45, 2.75) is 50.1 Å². The number of carbonyl (C=O) groups excluding carboxylic acids is 2. The highest BCUT2D eigenvalue weighted by molar-refractivity contribution is 6.30. The molecule has 1 N–H and O–H groups in total. The first-order valence-electron chi connectivity index (χ1n) is 12.5. The lowest BCUT2D eigenvalue weighted by atomic mass is 9.85. The first-order chi connectivity index (χ1) is 19.8. The van der Waals surface area contributed by atoms with E-state index in [1.807, 2.05) is 0 Å². The summed E-state index contributed by atoms with van der Waals surface area (Å²) in [5.74, 6) is -1.48. The number of halogens is 10. The summed E-state index contributed by atoms with van der Waals surface area (Å²) >= 11 is 5.67. The smallest absolute Gasteiger partial charge is 0.374 e. The first-order valence-corrected chi connectivity index (χ1v) is 12.8. The van der Waals surface area contributed by atoms with Gasteiger partial charge in [-0.3, -0.25) is 19.4 Å². The van der Waals surface area contributed by atoms with Crippen LogP contribution in [0, 0.1) is 0 Å². The first kappa shape index (κ1) is 32.5. The van der Waals surface area contributed by atoms with E-state index in [-0.39, 0.29) is 12.6 Å². The number of hydrogen-bond acceptors (Lipinski definition) is 6. The molecule has 7 nitrogen and oxygen atoms in total. The van der Waals surface area contributed by atoms with E-state index in [1.165, 1.54) is 0 Å². The second-order valence-corrected chi connectivity index (χ2v) is 10.3. The lowest BCUT2D eigenvalue weighted by Gasteiger charge is -2.36. The van der Waals surface area contributed by atoms with E-state index in [4.69, 9.17) is 11.6 Å². The van der Waals surface area contributed by atoms with Gasteiger partial charge in [0.2, 0.25) is 11.8 Å². The van der Waals surface area contributed by atoms with Crippen molar-refractivity contribution >= 4 is 29.1 Å². The Morgan fingerprint density at radius 3 is 2.14 bits per heavy atom. The Bertz CT molecular complexity index is 1440. The number of benzene rings is 2. The molecule has 234 valence electrons. The van der Waals surface area contributed by atoms with E-state index in [1.54, 1.807) is 6.92 Å². The summed E-state index contributed by atoms with van der Waals surface area (Å²) in [6, 6.07) is 3.19. The Hall–Kier alpha value is -3.37. The van der Waals surface area contributed by atoms with E-state index in [0.29, 0.717) is 24.6 Å². The maximum atomic E-state index is 14.3. The number of aliphatic hydroxyl groups excluding tert-OH is 1. The fourth-order valence-electron chi connectivity index (χ4n) is 4.81. The average Bonchev–Trinajstić information content (AvgIpc) is 3.36. The molecule has 0 radical (unpaired) electrons. The number of aliphatic hydroxyl groups is 1. The standard InChI is InChI=1S/C26H21ClF9N3O4/c1-2-5-39-20(40)11-38(12-21(39)41)22(42)17-4-3-13(6-18(17)25(31,32)33)19-10-23(43-37-19,26(34,35)36)14-7-15(24(28,29)30)9-16(27)8-14/h3-4,6-9,22,42H,2,5,10-12H2,1H3. The van der Waals surface area contributed by atoms with E-state index in [2.05, 4.69) is 9.99 Å². The van der Waals surface area contributed by atoms with Gasteiger partial charge < -0.3 is 9.94 Å². The van der Waals surface area contributed by atoms with Gasteiger partial charge in [0.15, 0.2) is 0 Å². The van der Waals surface area contributed by atoms with Crippen LogP contribution in [0.25, 0.3) is 0 Å². The lowest BCUT2D eigenvalue weighted by Crippen LogP contribution is -2.55. The number of piperazine rings is 1. The van der Waals surface area contributed by atoms with Crippen LogP contribution >= 0.6 is 11.6 Å². The molecule has 2 unspecified atom stereocenters. The molecule has 2 aliphatic heterocycles. The van der Waals surface area contributed by atoms with Gasteiger partial charge in [0.1, 0.15) is 6.23 Å². The molecule has 0 aromatic heterocycles. The minimum absolute atomic E-state index is 0.0837. The summed E-state index contributed by atoms with van der Waals surface area (Å²) in [5, 5.41) is 13.3. The summed E-state index contributed by atoms with van der Waals surface area (Å²) in [6.45, 7) is 0.618. The van der Waals surface area contributed by atoms with Crippen LogP contribution in [-0.2, 0) is 32.4 Å². The number of nitrogens with zero attached hydrogens (tertiary/aromatic N) is 3. The molecule has 1 saturated heterocycles. The normalized spacial score (nSPS) is 21.2. The van der Waals surface area contributed by atoms with Gasteiger partial charge in [-0.05, 0) is 30.7 Å². The summed E-state index contributed by atoms with van der Waals surface area (Å²) in [6.07, 6.45) is -18.6. The van der Waals surface area contributed by atoms with Crippen LogP contribution in [0.4, 0.5) is 39.5 Å². The molecular formula is C26H21ClF9N3O4. The van der Waals surface area contributed by atoms with Gasteiger partial charge in [0.05, 0.1) is 29.9 Å². The average molecular weight is 646 g/mol. The molecule has 2 amide bonds. The summed E-state index contributed by atoms with van der Waals surface area (Å²) < 4.78 is 125. The second-order valence-electron chi connectivity index (χ2n) is 9.87. The monoisotopic (exact) mass is 645 g/mol. The Labute approximate surface area is 242 Å². The van der Waals surface area contributed by atoms with Crippen LogP contribution in [-0.4, -0.2) is 58.2 Å². The Balaban J connectivity index is 1.70. The highest BCUT2D eigenvalue weighted by Gasteiger charge is 2.62. The largest absolute Gasteiger partial charge is 0.435 e. The number of rotatable bonds is 6.